The summed E-state index contributed by atoms with van der Waals surface area (Å²) in [5.41, 5.74) is 0.210. The minimum atomic E-state index is -2.95. The lowest BCUT2D eigenvalue weighted by atomic mass is 9.79. The molecule has 0 amide bonds. The van der Waals surface area contributed by atoms with Crippen molar-refractivity contribution in [2.45, 2.75) is 70.1 Å². The number of sulfone groups is 1. The zero-order valence-electron chi connectivity index (χ0n) is 14.4. The molecule has 1 saturated carbocycles. The van der Waals surface area contributed by atoms with Gasteiger partial charge in [-0.05, 0) is 43.4 Å². The van der Waals surface area contributed by atoms with Gasteiger partial charge in [0.1, 0.15) is 0 Å². The fourth-order valence-corrected chi connectivity index (χ4v) is 5.48. The van der Waals surface area contributed by atoms with Crippen LogP contribution in [-0.4, -0.2) is 45.7 Å². The van der Waals surface area contributed by atoms with Crippen molar-refractivity contribution in [3.63, 3.8) is 0 Å². The molecule has 5 heteroatoms. The zero-order chi connectivity index (χ0) is 16.2. The largest absolute Gasteiger partial charge is 0.381 e. The second kappa shape index (κ2) is 7.63. The molecule has 0 aromatic heterocycles. The zero-order valence-corrected chi connectivity index (χ0v) is 15.3. The highest BCUT2D eigenvalue weighted by Crippen LogP contribution is 2.31. The van der Waals surface area contributed by atoms with Crippen LogP contribution in [0.4, 0.5) is 0 Å². The van der Waals surface area contributed by atoms with E-state index in [-0.39, 0.29) is 16.7 Å². The third-order valence-corrected chi connectivity index (χ3v) is 6.94. The van der Waals surface area contributed by atoms with Crippen molar-refractivity contribution in [3.8, 4) is 0 Å². The van der Waals surface area contributed by atoms with E-state index < -0.39 is 9.84 Å². The minimum absolute atomic E-state index is 0.137. The SMILES string of the molecule is CC(C)(CN[C@@H]1CCCC[C@H]1S(C)(=O)=O)CC1CCOCC1. The van der Waals surface area contributed by atoms with Crippen LogP contribution in [-0.2, 0) is 14.6 Å². The summed E-state index contributed by atoms with van der Waals surface area (Å²) in [6.07, 6.45) is 8.91. The molecule has 1 saturated heterocycles. The number of ether oxygens (including phenoxy) is 1. The van der Waals surface area contributed by atoms with E-state index in [1.165, 1.54) is 25.5 Å². The number of rotatable bonds is 6. The summed E-state index contributed by atoms with van der Waals surface area (Å²) in [6.45, 7) is 7.29. The molecule has 0 spiro atoms. The molecule has 0 aromatic rings. The first-order valence-corrected chi connectivity index (χ1v) is 10.7. The van der Waals surface area contributed by atoms with Crippen LogP contribution in [0.3, 0.4) is 0 Å². The van der Waals surface area contributed by atoms with E-state index >= 15 is 0 Å². The Labute approximate surface area is 136 Å². The summed E-state index contributed by atoms with van der Waals surface area (Å²) in [5.74, 6) is 0.752. The van der Waals surface area contributed by atoms with Crippen LogP contribution < -0.4 is 5.32 Å². The average Bonchev–Trinajstić information content (AvgIpc) is 2.45. The third-order valence-electron chi connectivity index (χ3n) is 5.28. The molecule has 2 atom stereocenters. The standard InChI is InChI=1S/C17H33NO3S/c1-17(2,12-14-8-10-21-11-9-14)13-18-15-6-4-5-7-16(15)22(3,19)20/h14-16,18H,4-13H2,1-3H3/t15-,16-/m1/s1. The van der Waals surface area contributed by atoms with Crippen molar-refractivity contribution >= 4 is 9.84 Å². The van der Waals surface area contributed by atoms with E-state index in [9.17, 15) is 8.42 Å². The van der Waals surface area contributed by atoms with Crippen molar-refractivity contribution in [1.29, 1.82) is 0 Å². The fourth-order valence-electron chi connectivity index (χ4n) is 4.05. The summed E-state index contributed by atoms with van der Waals surface area (Å²) >= 11 is 0. The van der Waals surface area contributed by atoms with E-state index in [1.54, 1.807) is 0 Å². The molecule has 0 aromatic carbocycles. The molecule has 4 nitrogen and oxygen atoms in total. The first kappa shape index (κ1) is 18.2. The first-order chi connectivity index (χ1) is 10.3. The van der Waals surface area contributed by atoms with Gasteiger partial charge in [-0.1, -0.05) is 26.7 Å². The molecule has 0 unspecified atom stereocenters. The maximum absolute atomic E-state index is 12.0. The Kier molecular flexibility index (Phi) is 6.31. The van der Waals surface area contributed by atoms with E-state index in [2.05, 4.69) is 19.2 Å². The monoisotopic (exact) mass is 331 g/mol. The van der Waals surface area contributed by atoms with Crippen molar-refractivity contribution in [2.75, 3.05) is 26.0 Å². The van der Waals surface area contributed by atoms with E-state index in [1.807, 2.05) is 0 Å². The highest BCUT2D eigenvalue weighted by atomic mass is 32.2. The third kappa shape index (κ3) is 5.50. The first-order valence-electron chi connectivity index (χ1n) is 8.78. The summed E-state index contributed by atoms with van der Waals surface area (Å²) in [6, 6.07) is 0.137. The van der Waals surface area contributed by atoms with E-state index in [4.69, 9.17) is 4.74 Å². The molecule has 2 aliphatic rings. The topological polar surface area (TPSA) is 55.4 Å². The van der Waals surface area contributed by atoms with Crippen LogP contribution in [0.5, 0.6) is 0 Å². The lowest BCUT2D eigenvalue weighted by Crippen LogP contribution is -2.48. The molecule has 1 aliphatic carbocycles. The Morgan fingerprint density at radius 1 is 1.09 bits per heavy atom. The summed E-state index contributed by atoms with van der Waals surface area (Å²) < 4.78 is 29.4. The van der Waals surface area contributed by atoms with Gasteiger partial charge in [-0.2, -0.15) is 0 Å². The molecule has 22 heavy (non-hydrogen) atoms. The number of nitrogens with one attached hydrogen (secondary N) is 1. The Bertz CT molecular complexity index is 441. The van der Waals surface area contributed by atoms with Crippen LogP contribution in [0, 0.1) is 11.3 Å². The number of hydrogen-bond acceptors (Lipinski definition) is 4. The van der Waals surface area contributed by atoms with Crippen LogP contribution in [0.25, 0.3) is 0 Å². The smallest absolute Gasteiger partial charge is 0.151 e. The molecular weight excluding hydrogens is 298 g/mol. The molecule has 0 bridgehead atoms. The Balaban J connectivity index is 1.86. The Morgan fingerprint density at radius 3 is 2.36 bits per heavy atom. The number of hydrogen-bond donors (Lipinski definition) is 1. The lowest BCUT2D eigenvalue weighted by Gasteiger charge is -2.36. The molecular formula is C17H33NO3S. The van der Waals surface area contributed by atoms with Gasteiger partial charge in [0.25, 0.3) is 0 Å². The maximum atomic E-state index is 12.0. The molecule has 2 rings (SSSR count). The lowest BCUT2D eigenvalue weighted by molar-refractivity contribution is 0.0507. The van der Waals surface area contributed by atoms with Crippen LogP contribution in [0.1, 0.15) is 58.8 Å². The summed E-state index contributed by atoms with van der Waals surface area (Å²) in [5, 5.41) is 3.40. The second-order valence-electron chi connectivity index (χ2n) is 8.06. The van der Waals surface area contributed by atoms with Gasteiger partial charge in [-0.3, -0.25) is 0 Å². The summed E-state index contributed by atoms with van der Waals surface area (Å²) in [4.78, 5) is 0. The molecule has 1 N–H and O–H groups in total. The predicted molar refractivity (Wildman–Crippen MR) is 90.8 cm³/mol. The van der Waals surface area contributed by atoms with Gasteiger partial charge >= 0.3 is 0 Å². The van der Waals surface area contributed by atoms with Gasteiger partial charge < -0.3 is 10.1 Å². The van der Waals surface area contributed by atoms with Crippen LogP contribution >= 0.6 is 0 Å². The van der Waals surface area contributed by atoms with Gasteiger partial charge in [0.2, 0.25) is 0 Å². The molecule has 0 radical (unpaired) electrons. The summed E-state index contributed by atoms with van der Waals surface area (Å²) in [7, 11) is -2.95. The van der Waals surface area contributed by atoms with Crippen LogP contribution in [0.2, 0.25) is 0 Å². The van der Waals surface area contributed by atoms with Crippen molar-refractivity contribution < 1.29 is 13.2 Å². The van der Waals surface area contributed by atoms with Crippen LogP contribution in [0.15, 0.2) is 0 Å². The molecule has 1 aliphatic heterocycles. The van der Waals surface area contributed by atoms with E-state index in [0.717, 1.165) is 51.4 Å². The minimum Gasteiger partial charge on any atom is -0.381 e. The normalized spacial score (nSPS) is 28.7. The van der Waals surface area contributed by atoms with Gasteiger partial charge in [-0.25, -0.2) is 8.42 Å². The quantitative estimate of drug-likeness (QED) is 0.813. The highest BCUT2D eigenvalue weighted by molar-refractivity contribution is 7.91. The predicted octanol–water partition coefficient (Wildman–Crippen LogP) is 2.77. The van der Waals surface area contributed by atoms with Gasteiger partial charge in [-0.15, -0.1) is 0 Å². The molecule has 130 valence electrons. The Hall–Kier alpha value is -0.130. The fraction of sp³-hybridized carbons (Fsp3) is 1.00. The second-order valence-corrected chi connectivity index (χ2v) is 10.3. The molecule has 1 heterocycles. The van der Waals surface area contributed by atoms with E-state index in [0.29, 0.717) is 0 Å². The van der Waals surface area contributed by atoms with Gasteiger partial charge in [0, 0.05) is 32.1 Å². The Morgan fingerprint density at radius 2 is 1.73 bits per heavy atom. The average molecular weight is 332 g/mol. The molecule has 2 fully saturated rings. The van der Waals surface area contributed by atoms with Gasteiger partial charge in [0.05, 0.1) is 5.25 Å². The van der Waals surface area contributed by atoms with Gasteiger partial charge in [0.15, 0.2) is 9.84 Å². The van der Waals surface area contributed by atoms with Crippen molar-refractivity contribution in [2.24, 2.45) is 11.3 Å². The van der Waals surface area contributed by atoms with Crippen molar-refractivity contribution in [1.82, 2.24) is 5.32 Å². The van der Waals surface area contributed by atoms with Crippen molar-refractivity contribution in [3.05, 3.63) is 0 Å². The maximum Gasteiger partial charge on any atom is 0.151 e. The highest BCUT2D eigenvalue weighted by Gasteiger charge is 2.34.